The first kappa shape index (κ1) is 24.5. The topological polar surface area (TPSA) is 85.8 Å². The molecule has 0 bridgehead atoms. The van der Waals surface area contributed by atoms with Gasteiger partial charge in [-0.3, -0.25) is 0 Å². The molecule has 4 rings (SSSR count). The second kappa shape index (κ2) is 10.7. The minimum atomic E-state index is -3.57. The monoisotopic (exact) mass is 485 g/mol. The van der Waals surface area contributed by atoms with Crippen molar-refractivity contribution in [1.29, 1.82) is 0 Å². The van der Waals surface area contributed by atoms with Crippen molar-refractivity contribution in [1.82, 2.24) is 19.5 Å². The maximum atomic E-state index is 13.0. The molecule has 1 N–H and O–H groups in total. The van der Waals surface area contributed by atoms with E-state index in [9.17, 15) is 13.2 Å². The number of nitrogens with one attached hydrogen (secondary N) is 1. The summed E-state index contributed by atoms with van der Waals surface area (Å²) in [6.45, 7) is 7.85. The molecule has 3 heterocycles. The Kier molecular flexibility index (Phi) is 7.73. The van der Waals surface area contributed by atoms with Gasteiger partial charge in [0.15, 0.2) is 0 Å². The van der Waals surface area contributed by atoms with Crippen LogP contribution in [0.3, 0.4) is 0 Å². The highest BCUT2D eigenvalue weighted by molar-refractivity contribution is 7.89. The largest absolute Gasteiger partial charge is 0.356 e. The minimum absolute atomic E-state index is 0.174. The van der Waals surface area contributed by atoms with E-state index in [2.05, 4.69) is 29.0 Å². The number of piperazine rings is 1. The molecule has 2 amide bonds. The summed E-state index contributed by atoms with van der Waals surface area (Å²) < 4.78 is 27.5. The normalized spacial score (nSPS) is 17.7. The average Bonchev–Trinajstić information content (AvgIpc) is 2.88. The molecule has 0 aliphatic carbocycles. The number of amides is 2. The smallest absolute Gasteiger partial charge is 0.317 e. The molecule has 184 valence electrons. The van der Waals surface area contributed by atoms with Crippen LogP contribution in [0.1, 0.15) is 50.2 Å². The Bertz CT molecular complexity index is 1070. The molecule has 0 atom stereocenters. The Morgan fingerprint density at radius 2 is 1.65 bits per heavy atom. The zero-order valence-corrected chi connectivity index (χ0v) is 20.9. The van der Waals surface area contributed by atoms with Crippen molar-refractivity contribution in [3.05, 3.63) is 53.7 Å². The van der Waals surface area contributed by atoms with Crippen molar-refractivity contribution < 1.29 is 13.2 Å². The first-order chi connectivity index (χ1) is 16.4. The number of urea groups is 1. The molecule has 0 radical (unpaired) electrons. The number of aromatic nitrogens is 1. The summed E-state index contributed by atoms with van der Waals surface area (Å²) >= 11 is 0. The Morgan fingerprint density at radius 3 is 2.29 bits per heavy atom. The third-order valence-corrected chi connectivity index (χ3v) is 8.58. The van der Waals surface area contributed by atoms with Gasteiger partial charge in [0.05, 0.1) is 4.90 Å². The van der Waals surface area contributed by atoms with Gasteiger partial charge in [-0.1, -0.05) is 32.0 Å². The molecule has 2 saturated heterocycles. The zero-order chi connectivity index (χ0) is 24.1. The fourth-order valence-electron chi connectivity index (χ4n) is 4.55. The highest BCUT2D eigenvalue weighted by atomic mass is 32.2. The summed E-state index contributed by atoms with van der Waals surface area (Å²) in [6, 6.07) is 10.8. The number of benzene rings is 1. The van der Waals surface area contributed by atoms with Gasteiger partial charge in [0.1, 0.15) is 5.82 Å². The molecule has 2 fully saturated rings. The lowest BCUT2D eigenvalue weighted by atomic mass is 10.0. The van der Waals surface area contributed by atoms with Gasteiger partial charge in [0, 0.05) is 57.6 Å². The number of piperidine rings is 1. The molecule has 2 aliphatic heterocycles. The van der Waals surface area contributed by atoms with Crippen LogP contribution in [0.2, 0.25) is 0 Å². The van der Waals surface area contributed by atoms with Gasteiger partial charge in [-0.15, -0.1) is 0 Å². The lowest BCUT2D eigenvalue weighted by Crippen LogP contribution is -2.53. The fraction of sp³-hybridized carbons (Fsp3) is 0.520. The van der Waals surface area contributed by atoms with Crippen molar-refractivity contribution >= 4 is 21.9 Å². The summed E-state index contributed by atoms with van der Waals surface area (Å²) in [5, 5.41) is 3.00. The van der Waals surface area contributed by atoms with E-state index in [-0.39, 0.29) is 19.1 Å². The van der Waals surface area contributed by atoms with E-state index in [1.54, 1.807) is 23.2 Å². The third-order valence-electron chi connectivity index (χ3n) is 6.66. The van der Waals surface area contributed by atoms with Crippen molar-refractivity contribution in [2.75, 3.05) is 44.2 Å². The number of nitrogens with zero attached hydrogens (tertiary/aromatic N) is 4. The van der Waals surface area contributed by atoms with Gasteiger partial charge < -0.3 is 15.1 Å². The summed E-state index contributed by atoms with van der Waals surface area (Å²) in [4.78, 5) is 21.6. The van der Waals surface area contributed by atoms with Crippen molar-refractivity contribution in [2.24, 2.45) is 0 Å². The van der Waals surface area contributed by atoms with Crippen LogP contribution in [-0.4, -0.2) is 67.9 Å². The van der Waals surface area contributed by atoms with E-state index in [4.69, 9.17) is 0 Å². The van der Waals surface area contributed by atoms with Crippen LogP contribution in [0.25, 0.3) is 0 Å². The summed E-state index contributed by atoms with van der Waals surface area (Å²) in [5.74, 6) is 1.29. The van der Waals surface area contributed by atoms with Gasteiger partial charge in [0.25, 0.3) is 0 Å². The fourth-order valence-corrected chi connectivity index (χ4v) is 5.97. The molecule has 2 aromatic rings. The van der Waals surface area contributed by atoms with Crippen molar-refractivity contribution in [3.63, 3.8) is 0 Å². The SMILES string of the molecule is CC(C)c1ccc(S(=O)(=O)N2CCN(C(=O)NCc3cccnc3N3CCCCC3)CC2)cc1. The third kappa shape index (κ3) is 5.52. The van der Waals surface area contributed by atoms with Crippen molar-refractivity contribution in [3.8, 4) is 0 Å². The molecule has 2 aliphatic rings. The first-order valence-electron chi connectivity index (χ1n) is 12.2. The first-order valence-corrected chi connectivity index (χ1v) is 13.6. The van der Waals surface area contributed by atoms with E-state index < -0.39 is 10.0 Å². The highest BCUT2D eigenvalue weighted by Gasteiger charge is 2.30. The summed E-state index contributed by atoms with van der Waals surface area (Å²) in [5.41, 5.74) is 2.11. The number of sulfonamides is 1. The van der Waals surface area contributed by atoms with E-state index in [0.29, 0.717) is 30.4 Å². The molecular formula is C25H35N5O3S. The molecule has 9 heteroatoms. The molecule has 1 aromatic heterocycles. The van der Waals surface area contributed by atoms with Crippen molar-refractivity contribution in [2.45, 2.75) is 50.5 Å². The van der Waals surface area contributed by atoms with Crippen LogP contribution in [-0.2, 0) is 16.6 Å². The predicted molar refractivity (Wildman–Crippen MR) is 133 cm³/mol. The molecule has 1 aromatic carbocycles. The maximum Gasteiger partial charge on any atom is 0.317 e. The van der Waals surface area contributed by atoms with Gasteiger partial charge in [-0.2, -0.15) is 4.31 Å². The van der Waals surface area contributed by atoms with Gasteiger partial charge in [-0.05, 0) is 48.9 Å². The van der Waals surface area contributed by atoms with Crippen LogP contribution >= 0.6 is 0 Å². The molecule has 8 nitrogen and oxygen atoms in total. The standard InChI is InChI=1S/C25H35N5O3S/c1-20(2)21-8-10-23(11-9-21)34(32,33)30-17-15-29(16-18-30)25(31)27-19-22-7-6-12-26-24(22)28-13-4-3-5-14-28/h6-12,20H,3-5,13-19H2,1-2H3,(H,27,31). The van der Waals surface area contributed by atoms with Crippen LogP contribution in [0.15, 0.2) is 47.5 Å². The molecule has 0 saturated carbocycles. The van der Waals surface area contributed by atoms with Gasteiger partial charge in [-0.25, -0.2) is 18.2 Å². The summed E-state index contributed by atoms with van der Waals surface area (Å²) in [7, 11) is -3.57. The molecule has 34 heavy (non-hydrogen) atoms. The summed E-state index contributed by atoms with van der Waals surface area (Å²) in [6.07, 6.45) is 5.38. The number of rotatable bonds is 6. The Hall–Kier alpha value is -2.65. The number of hydrogen-bond donors (Lipinski definition) is 1. The quantitative estimate of drug-likeness (QED) is 0.678. The Labute approximate surface area is 203 Å². The van der Waals surface area contributed by atoms with Crippen LogP contribution in [0.5, 0.6) is 0 Å². The van der Waals surface area contributed by atoms with E-state index in [0.717, 1.165) is 42.9 Å². The van der Waals surface area contributed by atoms with E-state index >= 15 is 0 Å². The Balaban J connectivity index is 1.32. The van der Waals surface area contributed by atoms with E-state index in [1.165, 1.54) is 10.7 Å². The lowest BCUT2D eigenvalue weighted by Gasteiger charge is -2.34. The number of hydrogen-bond acceptors (Lipinski definition) is 5. The molecular weight excluding hydrogens is 450 g/mol. The average molecular weight is 486 g/mol. The second-order valence-electron chi connectivity index (χ2n) is 9.31. The van der Waals surface area contributed by atoms with Gasteiger partial charge in [0.2, 0.25) is 10.0 Å². The maximum absolute atomic E-state index is 13.0. The highest BCUT2D eigenvalue weighted by Crippen LogP contribution is 2.23. The van der Waals surface area contributed by atoms with Crippen LogP contribution in [0.4, 0.5) is 10.6 Å². The number of pyridine rings is 1. The second-order valence-corrected chi connectivity index (χ2v) is 11.2. The number of anilines is 1. The predicted octanol–water partition coefficient (Wildman–Crippen LogP) is 3.41. The minimum Gasteiger partial charge on any atom is -0.356 e. The molecule has 0 unspecified atom stereocenters. The van der Waals surface area contributed by atoms with Crippen LogP contribution < -0.4 is 10.2 Å². The van der Waals surface area contributed by atoms with Crippen LogP contribution in [0, 0.1) is 0 Å². The number of carbonyl (C=O) groups is 1. The number of carbonyl (C=O) groups excluding carboxylic acids is 1. The van der Waals surface area contributed by atoms with E-state index in [1.807, 2.05) is 24.3 Å². The Morgan fingerprint density at radius 1 is 0.971 bits per heavy atom. The molecule has 0 spiro atoms. The lowest BCUT2D eigenvalue weighted by molar-refractivity contribution is 0.172. The van der Waals surface area contributed by atoms with Gasteiger partial charge >= 0.3 is 6.03 Å². The zero-order valence-electron chi connectivity index (χ0n) is 20.1.